The first-order valence-electron chi connectivity index (χ1n) is 9.52. The van der Waals surface area contributed by atoms with Gasteiger partial charge in [0.1, 0.15) is 0 Å². The summed E-state index contributed by atoms with van der Waals surface area (Å²) in [6.45, 7) is 9.67. The van der Waals surface area contributed by atoms with Gasteiger partial charge < -0.3 is 24.4 Å². The number of halogens is 1. The lowest BCUT2D eigenvalue weighted by Crippen LogP contribution is -2.40. The summed E-state index contributed by atoms with van der Waals surface area (Å²) >= 11 is 0. The summed E-state index contributed by atoms with van der Waals surface area (Å²) in [4.78, 5) is 6.83. The number of hydrogen-bond acceptors (Lipinski definition) is 4. The largest absolute Gasteiger partial charge is 0.381 e. The highest BCUT2D eigenvalue weighted by molar-refractivity contribution is 14.0. The number of aliphatic imine (C=N–C) groups is 1. The van der Waals surface area contributed by atoms with E-state index in [-0.39, 0.29) is 24.0 Å². The fourth-order valence-corrected chi connectivity index (χ4v) is 2.63. The third-order valence-electron chi connectivity index (χ3n) is 4.40. The van der Waals surface area contributed by atoms with E-state index in [2.05, 4.69) is 29.2 Å². The van der Waals surface area contributed by atoms with Crippen molar-refractivity contribution in [2.45, 2.75) is 32.6 Å². The van der Waals surface area contributed by atoms with Gasteiger partial charge in [-0.1, -0.05) is 0 Å². The number of hydrogen-bond donors (Lipinski definition) is 1. The fraction of sp³-hybridized carbons (Fsp3) is 0.944. The molecule has 0 aromatic rings. The van der Waals surface area contributed by atoms with Crippen LogP contribution in [-0.4, -0.2) is 77.2 Å². The van der Waals surface area contributed by atoms with Crippen molar-refractivity contribution in [2.75, 3.05) is 66.3 Å². The molecule has 0 amide bonds. The van der Waals surface area contributed by atoms with Crippen molar-refractivity contribution in [1.82, 2.24) is 10.2 Å². The van der Waals surface area contributed by atoms with Crippen LogP contribution in [0.1, 0.15) is 32.6 Å². The van der Waals surface area contributed by atoms with Crippen LogP contribution < -0.4 is 5.32 Å². The average molecular weight is 469 g/mol. The summed E-state index contributed by atoms with van der Waals surface area (Å²) < 4.78 is 16.8. The van der Waals surface area contributed by atoms with Crippen molar-refractivity contribution in [3.8, 4) is 0 Å². The van der Waals surface area contributed by atoms with Crippen LogP contribution in [-0.2, 0) is 14.2 Å². The second-order valence-corrected chi connectivity index (χ2v) is 6.83. The first-order valence-corrected chi connectivity index (χ1v) is 9.52. The SMILES string of the molecule is CCNC(=NCCCOCC1CCOC1)N(C)CCOCC1CC1.I. The molecule has 0 spiro atoms. The van der Waals surface area contributed by atoms with Crippen molar-refractivity contribution in [1.29, 1.82) is 0 Å². The van der Waals surface area contributed by atoms with Crippen LogP contribution in [0.15, 0.2) is 4.99 Å². The van der Waals surface area contributed by atoms with Crippen molar-refractivity contribution >= 4 is 29.9 Å². The molecule has 148 valence electrons. The molecule has 7 heteroatoms. The van der Waals surface area contributed by atoms with Gasteiger partial charge in [-0.3, -0.25) is 4.99 Å². The summed E-state index contributed by atoms with van der Waals surface area (Å²) in [7, 11) is 2.07. The Bertz CT molecular complexity index is 361. The molecule has 1 saturated heterocycles. The van der Waals surface area contributed by atoms with E-state index in [9.17, 15) is 0 Å². The van der Waals surface area contributed by atoms with Crippen LogP contribution in [0.5, 0.6) is 0 Å². The highest BCUT2D eigenvalue weighted by Crippen LogP contribution is 2.28. The summed E-state index contributed by atoms with van der Waals surface area (Å²) in [6.07, 6.45) is 4.77. The highest BCUT2D eigenvalue weighted by atomic mass is 127. The van der Waals surface area contributed by atoms with Crippen LogP contribution in [0.3, 0.4) is 0 Å². The molecule has 2 rings (SSSR count). The zero-order valence-corrected chi connectivity index (χ0v) is 18.2. The molecule has 0 aromatic carbocycles. The summed E-state index contributed by atoms with van der Waals surface area (Å²) in [5.74, 6) is 2.37. The fourth-order valence-electron chi connectivity index (χ4n) is 2.63. The smallest absolute Gasteiger partial charge is 0.193 e. The number of nitrogens with zero attached hydrogens (tertiary/aromatic N) is 2. The molecule has 0 radical (unpaired) electrons. The minimum atomic E-state index is 0. The van der Waals surface area contributed by atoms with Gasteiger partial charge in [0.15, 0.2) is 5.96 Å². The van der Waals surface area contributed by atoms with Crippen LogP contribution >= 0.6 is 24.0 Å². The number of ether oxygens (including phenoxy) is 3. The molecule has 1 atom stereocenters. The minimum absolute atomic E-state index is 0. The van der Waals surface area contributed by atoms with E-state index in [4.69, 9.17) is 14.2 Å². The summed E-state index contributed by atoms with van der Waals surface area (Å²) in [5.41, 5.74) is 0. The zero-order valence-electron chi connectivity index (χ0n) is 15.9. The number of rotatable bonds is 12. The van der Waals surface area contributed by atoms with Gasteiger partial charge in [-0.25, -0.2) is 0 Å². The molecule has 1 unspecified atom stereocenters. The Balaban J connectivity index is 0.00000312. The molecular formula is C18H36IN3O3. The van der Waals surface area contributed by atoms with Crippen LogP contribution in [0.25, 0.3) is 0 Å². The van der Waals surface area contributed by atoms with E-state index in [0.717, 1.165) is 84.0 Å². The number of nitrogens with one attached hydrogen (secondary N) is 1. The van der Waals surface area contributed by atoms with E-state index in [1.165, 1.54) is 12.8 Å². The summed E-state index contributed by atoms with van der Waals surface area (Å²) in [6, 6.07) is 0. The van der Waals surface area contributed by atoms with Gasteiger partial charge in [0.25, 0.3) is 0 Å². The molecule has 1 saturated carbocycles. The second-order valence-electron chi connectivity index (χ2n) is 6.83. The second kappa shape index (κ2) is 14.0. The maximum absolute atomic E-state index is 5.72. The van der Waals surface area contributed by atoms with Gasteiger partial charge >= 0.3 is 0 Å². The van der Waals surface area contributed by atoms with Gasteiger partial charge in [-0.05, 0) is 38.5 Å². The zero-order chi connectivity index (χ0) is 17.0. The first-order chi connectivity index (χ1) is 11.8. The van der Waals surface area contributed by atoms with Crippen molar-refractivity contribution in [3.63, 3.8) is 0 Å². The number of likely N-dealkylation sites (N-methyl/N-ethyl adjacent to an activating group) is 1. The van der Waals surface area contributed by atoms with Gasteiger partial charge in [-0.2, -0.15) is 0 Å². The maximum Gasteiger partial charge on any atom is 0.193 e. The third-order valence-corrected chi connectivity index (χ3v) is 4.40. The first kappa shape index (κ1) is 22.9. The van der Waals surface area contributed by atoms with Gasteiger partial charge in [0.2, 0.25) is 0 Å². The van der Waals surface area contributed by atoms with Crippen LogP contribution in [0.4, 0.5) is 0 Å². The highest BCUT2D eigenvalue weighted by Gasteiger charge is 2.21. The molecule has 1 N–H and O–H groups in total. The Hall–Kier alpha value is -0.120. The molecule has 0 aromatic heterocycles. The van der Waals surface area contributed by atoms with Crippen molar-refractivity contribution in [2.24, 2.45) is 16.8 Å². The molecule has 2 fully saturated rings. The molecular weight excluding hydrogens is 433 g/mol. The molecule has 25 heavy (non-hydrogen) atoms. The molecule has 1 aliphatic carbocycles. The molecule has 1 aliphatic heterocycles. The van der Waals surface area contributed by atoms with Crippen LogP contribution in [0.2, 0.25) is 0 Å². The monoisotopic (exact) mass is 469 g/mol. The Morgan fingerprint density at radius 3 is 2.60 bits per heavy atom. The molecule has 1 heterocycles. The van der Waals surface area contributed by atoms with Crippen molar-refractivity contribution in [3.05, 3.63) is 0 Å². The lowest BCUT2D eigenvalue weighted by atomic mass is 10.1. The molecule has 6 nitrogen and oxygen atoms in total. The normalized spacial score (nSPS) is 20.4. The minimum Gasteiger partial charge on any atom is -0.381 e. The maximum atomic E-state index is 5.72. The van der Waals surface area contributed by atoms with E-state index >= 15 is 0 Å². The Morgan fingerprint density at radius 1 is 1.16 bits per heavy atom. The Labute approximate surface area is 170 Å². The van der Waals surface area contributed by atoms with E-state index < -0.39 is 0 Å². The van der Waals surface area contributed by atoms with E-state index in [1.54, 1.807) is 0 Å². The lowest BCUT2D eigenvalue weighted by molar-refractivity contribution is 0.0892. The predicted molar refractivity (Wildman–Crippen MR) is 112 cm³/mol. The van der Waals surface area contributed by atoms with Gasteiger partial charge in [0.05, 0.1) is 19.8 Å². The van der Waals surface area contributed by atoms with E-state index in [1.807, 2.05) is 0 Å². The molecule has 0 bridgehead atoms. The predicted octanol–water partition coefficient (Wildman–Crippen LogP) is 2.37. The van der Waals surface area contributed by atoms with Crippen molar-refractivity contribution < 1.29 is 14.2 Å². The lowest BCUT2D eigenvalue weighted by Gasteiger charge is -2.22. The van der Waals surface area contributed by atoms with Crippen LogP contribution in [0, 0.1) is 11.8 Å². The average Bonchev–Trinajstić information content (AvgIpc) is 3.27. The Morgan fingerprint density at radius 2 is 1.92 bits per heavy atom. The summed E-state index contributed by atoms with van der Waals surface area (Å²) in [5, 5.41) is 3.34. The Kier molecular flexibility index (Phi) is 12.8. The molecule has 2 aliphatic rings. The van der Waals surface area contributed by atoms with Gasteiger partial charge in [0, 0.05) is 52.4 Å². The van der Waals surface area contributed by atoms with E-state index in [0.29, 0.717) is 5.92 Å². The number of guanidine groups is 1. The third kappa shape index (κ3) is 10.6. The quantitative estimate of drug-likeness (QED) is 0.206. The standard InChI is InChI=1S/C18H35N3O3.HI/c1-3-19-18(21(2)9-12-24-13-16-5-6-16)20-8-4-10-22-14-17-7-11-23-15-17;/h16-17H,3-15H2,1-2H3,(H,19,20);1H. The van der Waals surface area contributed by atoms with Gasteiger partial charge in [-0.15, -0.1) is 24.0 Å². The topological polar surface area (TPSA) is 55.3 Å².